The van der Waals surface area contributed by atoms with Crippen LogP contribution in [0.3, 0.4) is 0 Å². The summed E-state index contributed by atoms with van der Waals surface area (Å²) in [5, 5.41) is 6.74. The summed E-state index contributed by atoms with van der Waals surface area (Å²) in [6.45, 7) is 5.82. The van der Waals surface area contributed by atoms with Crippen LogP contribution in [0.2, 0.25) is 0 Å². The van der Waals surface area contributed by atoms with Crippen LogP contribution in [0, 0.1) is 5.92 Å². The van der Waals surface area contributed by atoms with Crippen LogP contribution in [0.4, 0.5) is 0 Å². The monoisotopic (exact) mass is 222 g/mol. The average Bonchev–Trinajstić information content (AvgIpc) is 2.76. The third kappa shape index (κ3) is 2.23. The molecular formula is C11H18N4O. The SMILES string of the molecule is CCc1nc(C(=O)N2CCCC(C)C2)n[nH]1. The maximum Gasteiger partial charge on any atom is 0.293 e. The standard InChI is InChI=1S/C11H18N4O/c1-3-9-12-10(14-13-9)11(16)15-6-4-5-8(2)7-15/h8H,3-7H2,1-2H3,(H,12,13,14). The molecule has 0 spiro atoms. The van der Waals surface area contributed by atoms with Crippen LogP contribution in [0.15, 0.2) is 0 Å². The smallest absolute Gasteiger partial charge is 0.293 e. The lowest BCUT2D eigenvalue weighted by Crippen LogP contribution is -2.39. The number of hydrogen-bond acceptors (Lipinski definition) is 3. The number of aromatic nitrogens is 3. The molecule has 0 aromatic carbocycles. The van der Waals surface area contributed by atoms with E-state index in [0.717, 1.165) is 31.8 Å². The largest absolute Gasteiger partial charge is 0.336 e. The van der Waals surface area contributed by atoms with E-state index in [1.807, 2.05) is 11.8 Å². The van der Waals surface area contributed by atoms with Gasteiger partial charge in [0.2, 0.25) is 5.82 Å². The summed E-state index contributed by atoms with van der Waals surface area (Å²) in [4.78, 5) is 18.1. The van der Waals surface area contributed by atoms with Gasteiger partial charge in [-0.25, -0.2) is 4.98 Å². The molecule has 0 bridgehead atoms. The van der Waals surface area contributed by atoms with Crippen molar-refractivity contribution in [3.05, 3.63) is 11.6 Å². The first kappa shape index (κ1) is 11.1. The fourth-order valence-corrected chi connectivity index (χ4v) is 2.06. The first-order valence-corrected chi connectivity index (χ1v) is 5.91. The lowest BCUT2D eigenvalue weighted by Gasteiger charge is -2.29. The first-order chi connectivity index (χ1) is 7.70. The fraction of sp³-hybridized carbons (Fsp3) is 0.727. The zero-order chi connectivity index (χ0) is 11.5. The van der Waals surface area contributed by atoms with Crippen molar-refractivity contribution in [3.63, 3.8) is 0 Å². The molecule has 2 heterocycles. The van der Waals surface area contributed by atoms with Gasteiger partial charge < -0.3 is 4.90 Å². The highest BCUT2D eigenvalue weighted by molar-refractivity contribution is 5.90. The van der Waals surface area contributed by atoms with Gasteiger partial charge in [0.25, 0.3) is 5.91 Å². The van der Waals surface area contributed by atoms with Gasteiger partial charge in [-0.15, -0.1) is 5.10 Å². The normalized spacial score (nSPS) is 21.1. The Morgan fingerprint density at radius 2 is 2.44 bits per heavy atom. The summed E-state index contributed by atoms with van der Waals surface area (Å²) >= 11 is 0. The van der Waals surface area contributed by atoms with Crippen molar-refractivity contribution in [2.75, 3.05) is 13.1 Å². The highest BCUT2D eigenvalue weighted by Crippen LogP contribution is 2.16. The van der Waals surface area contributed by atoms with E-state index in [4.69, 9.17) is 0 Å². The van der Waals surface area contributed by atoms with Gasteiger partial charge in [-0.1, -0.05) is 13.8 Å². The van der Waals surface area contributed by atoms with E-state index >= 15 is 0 Å². The minimum absolute atomic E-state index is 0.0394. The molecule has 5 nitrogen and oxygen atoms in total. The van der Waals surface area contributed by atoms with Crippen molar-refractivity contribution in [1.82, 2.24) is 20.1 Å². The van der Waals surface area contributed by atoms with Crippen LogP contribution in [0.1, 0.15) is 43.1 Å². The molecule has 0 aliphatic carbocycles. The van der Waals surface area contributed by atoms with Gasteiger partial charge in [0, 0.05) is 19.5 Å². The van der Waals surface area contributed by atoms with Crippen molar-refractivity contribution >= 4 is 5.91 Å². The molecule has 1 saturated heterocycles. The number of likely N-dealkylation sites (tertiary alicyclic amines) is 1. The van der Waals surface area contributed by atoms with Gasteiger partial charge in [0.1, 0.15) is 5.82 Å². The number of carbonyl (C=O) groups excluding carboxylic acids is 1. The number of rotatable bonds is 2. The lowest BCUT2D eigenvalue weighted by molar-refractivity contribution is 0.0671. The fourth-order valence-electron chi connectivity index (χ4n) is 2.06. The Labute approximate surface area is 95.2 Å². The van der Waals surface area contributed by atoms with Crippen LogP contribution in [0.25, 0.3) is 0 Å². The molecule has 0 radical (unpaired) electrons. The molecule has 2 rings (SSSR count). The van der Waals surface area contributed by atoms with Crippen molar-refractivity contribution in [2.45, 2.75) is 33.1 Å². The second-order valence-electron chi connectivity index (χ2n) is 4.46. The molecule has 1 aromatic rings. The second-order valence-corrected chi connectivity index (χ2v) is 4.46. The Balaban J connectivity index is 2.06. The number of nitrogens with zero attached hydrogens (tertiary/aromatic N) is 3. The summed E-state index contributed by atoms with van der Waals surface area (Å²) in [5.41, 5.74) is 0. The van der Waals surface area contributed by atoms with E-state index in [1.54, 1.807) is 0 Å². The van der Waals surface area contributed by atoms with Crippen LogP contribution in [-0.2, 0) is 6.42 Å². The van der Waals surface area contributed by atoms with Crippen LogP contribution in [0.5, 0.6) is 0 Å². The Kier molecular flexibility index (Phi) is 3.22. The third-order valence-corrected chi connectivity index (χ3v) is 3.00. The number of aryl methyl sites for hydroxylation is 1. The molecule has 1 aromatic heterocycles. The first-order valence-electron chi connectivity index (χ1n) is 5.91. The highest BCUT2D eigenvalue weighted by atomic mass is 16.2. The number of piperidine rings is 1. The Hall–Kier alpha value is -1.39. The Bertz CT molecular complexity index is 374. The minimum atomic E-state index is -0.0394. The van der Waals surface area contributed by atoms with Gasteiger partial charge in [0.15, 0.2) is 0 Å². The molecule has 1 amide bonds. The number of H-pyrrole nitrogens is 1. The van der Waals surface area contributed by atoms with Gasteiger partial charge in [-0.05, 0) is 18.8 Å². The van der Waals surface area contributed by atoms with Gasteiger partial charge in [0.05, 0.1) is 0 Å². The topological polar surface area (TPSA) is 61.9 Å². The van der Waals surface area contributed by atoms with Crippen molar-refractivity contribution in [2.24, 2.45) is 5.92 Å². The molecule has 1 N–H and O–H groups in total. The number of aromatic amines is 1. The molecule has 1 unspecified atom stereocenters. The number of carbonyl (C=O) groups is 1. The molecule has 0 saturated carbocycles. The molecule has 1 fully saturated rings. The summed E-state index contributed by atoms with van der Waals surface area (Å²) in [6, 6.07) is 0. The number of amides is 1. The zero-order valence-corrected chi connectivity index (χ0v) is 9.86. The Morgan fingerprint density at radius 1 is 1.62 bits per heavy atom. The number of hydrogen-bond donors (Lipinski definition) is 1. The molecule has 16 heavy (non-hydrogen) atoms. The third-order valence-electron chi connectivity index (χ3n) is 3.00. The predicted molar refractivity (Wildman–Crippen MR) is 60.1 cm³/mol. The van der Waals surface area contributed by atoms with Crippen molar-refractivity contribution in [1.29, 1.82) is 0 Å². The van der Waals surface area contributed by atoms with Crippen LogP contribution >= 0.6 is 0 Å². The molecule has 1 atom stereocenters. The zero-order valence-electron chi connectivity index (χ0n) is 9.86. The average molecular weight is 222 g/mol. The van der Waals surface area contributed by atoms with E-state index in [1.165, 1.54) is 6.42 Å². The van der Waals surface area contributed by atoms with E-state index in [2.05, 4.69) is 22.1 Å². The molecular weight excluding hydrogens is 204 g/mol. The molecule has 1 aliphatic rings. The summed E-state index contributed by atoms with van der Waals surface area (Å²) in [7, 11) is 0. The number of nitrogens with one attached hydrogen (secondary N) is 1. The van der Waals surface area contributed by atoms with Crippen molar-refractivity contribution < 1.29 is 4.79 Å². The van der Waals surface area contributed by atoms with Gasteiger partial charge in [-0.2, -0.15) is 0 Å². The van der Waals surface area contributed by atoms with Crippen LogP contribution < -0.4 is 0 Å². The Morgan fingerprint density at radius 3 is 3.06 bits per heavy atom. The maximum absolute atomic E-state index is 12.1. The van der Waals surface area contributed by atoms with E-state index in [9.17, 15) is 4.79 Å². The summed E-state index contributed by atoms with van der Waals surface area (Å²) in [6.07, 6.45) is 3.06. The summed E-state index contributed by atoms with van der Waals surface area (Å²) < 4.78 is 0. The van der Waals surface area contributed by atoms with Gasteiger partial charge >= 0.3 is 0 Å². The van der Waals surface area contributed by atoms with E-state index in [-0.39, 0.29) is 5.91 Å². The predicted octanol–water partition coefficient (Wildman–Crippen LogP) is 1.24. The second kappa shape index (κ2) is 4.63. The minimum Gasteiger partial charge on any atom is -0.336 e. The van der Waals surface area contributed by atoms with Gasteiger partial charge in [-0.3, -0.25) is 9.89 Å². The maximum atomic E-state index is 12.1. The lowest BCUT2D eigenvalue weighted by atomic mass is 10.0. The highest BCUT2D eigenvalue weighted by Gasteiger charge is 2.24. The quantitative estimate of drug-likeness (QED) is 0.819. The molecule has 88 valence electrons. The van der Waals surface area contributed by atoms with Crippen molar-refractivity contribution in [3.8, 4) is 0 Å². The summed E-state index contributed by atoms with van der Waals surface area (Å²) in [5.74, 6) is 1.63. The van der Waals surface area contributed by atoms with E-state index in [0.29, 0.717) is 11.7 Å². The molecule has 5 heteroatoms. The molecule has 1 aliphatic heterocycles. The van der Waals surface area contributed by atoms with Crippen LogP contribution in [-0.4, -0.2) is 39.1 Å². The van der Waals surface area contributed by atoms with E-state index < -0.39 is 0 Å².